The number of methoxy groups -OCH3 is 1. The van der Waals surface area contributed by atoms with Gasteiger partial charge in [0.15, 0.2) is 0 Å². The van der Waals surface area contributed by atoms with Crippen LogP contribution in [0.1, 0.15) is 5.56 Å². The number of rotatable bonds is 3. The highest BCUT2D eigenvalue weighted by Crippen LogP contribution is 2.29. The molecule has 104 valence electrons. The first-order valence-corrected chi connectivity index (χ1v) is 6.17. The lowest BCUT2D eigenvalue weighted by Gasteiger charge is -2.13. The average molecular weight is 271 g/mol. The number of nitrogens with two attached hydrogens (primary N) is 1. The van der Waals surface area contributed by atoms with Crippen molar-refractivity contribution in [2.45, 2.75) is 6.92 Å². The van der Waals surface area contributed by atoms with Crippen LogP contribution in [0.25, 0.3) is 0 Å². The zero-order valence-corrected chi connectivity index (χ0v) is 11.4. The third kappa shape index (κ3) is 3.20. The fraction of sp³-hybridized carbons (Fsp3) is 0.133. The van der Waals surface area contributed by atoms with Gasteiger partial charge in [-0.1, -0.05) is 18.2 Å². The molecule has 2 rings (SSSR count). The van der Waals surface area contributed by atoms with Gasteiger partial charge in [-0.3, -0.25) is 0 Å². The van der Waals surface area contributed by atoms with Gasteiger partial charge < -0.3 is 21.1 Å². The van der Waals surface area contributed by atoms with Crippen LogP contribution in [0.5, 0.6) is 5.75 Å². The van der Waals surface area contributed by atoms with E-state index in [9.17, 15) is 4.79 Å². The normalized spacial score (nSPS) is 9.90. The fourth-order valence-corrected chi connectivity index (χ4v) is 1.78. The van der Waals surface area contributed by atoms with Crippen LogP contribution in [0.3, 0.4) is 0 Å². The highest BCUT2D eigenvalue weighted by atomic mass is 16.5. The zero-order valence-electron chi connectivity index (χ0n) is 11.4. The zero-order chi connectivity index (χ0) is 14.5. The molecule has 2 aromatic carbocycles. The summed E-state index contributed by atoms with van der Waals surface area (Å²) in [5, 5.41) is 5.49. The van der Waals surface area contributed by atoms with E-state index in [0.29, 0.717) is 17.1 Å². The monoisotopic (exact) mass is 271 g/mol. The third-order valence-corrected chi connectivity index (χ3v) is 2.87. The van der Waals surface area contributed by atoms with E-state index in [1.54, 1.807) is 12.1 Å². The molecule has 0 aliphatic carbocycles. The van der Waals surface area contributed by atoms with Crippen molar-refractivity contribution in [1.29, 1.82) is 0 Å². The van der Waals surface area contributed by atoms with Crippen molar-refractivity contribution in [3.63, 3.8) is 0 Å². The number of benzene rings is 2. The van der Waals surface area contributed by atoms with Crippen LogP contribution < -0.4 is 21.1 Å². The summed E-state index contributed by atoms with van der Waals surface area (Å²) in [7, 11) is 1.53. The van der Waals surface area contributed by atoms with Gasteiger partial charge >= 0.3 is 6.03 Å². The molecule has 0 unspecified atom stereocenters. The second-order valence-corrected chi connectivity index (χ2v) is 4.35. The maximum Gasteiger partial charge on any atom is 0.323 e. The van der Waals surface area contributed by atoms with Gasteiger partial charge in [-0.05, 0) is 30.7 Å². The van der Waals surface area contributed by atoms with Crippen molar-refractivity contribution >= 4 is 23.1 Å². The molecule has 0 bridgehead atoms. The average Bonchev–Trinajstić information content (AvgIpc) is 2.43. The largest absolute Gasteiger partial charge is 0.494 e. The summed E-state index contributed by atoms with van der Waals surface area (Å²) < 4.78 is 5.21. The van der Waals surface area contributed by atoms with E-state index in [-0.39, 0.29) is 6.03 Å². The van der Waals surface area contributed by atoms with Gasteiger partial charge in [-0.2, -0.15) is 0 Å². The number of hydrogen-bond donors (Lipinski definition) is 3. The molecule has 0 fully saturated rings. The van der Waals surface area contributed by atoms with Gasteiger partial charge in [0.25, 0.3) is 0 Å². The van der Waals surface area contributed by atoms with Crippen LogP contribution in [-0.2, 0) is 0 Å². The number of ether oxygens (including phenoxy) is 1. The van der Waals surface area contributed by atoms with E-state index in [1.165, 1.54) is 7.11 Å². The molecular formula is C15H17N3O2. The van der Waals surface area contributed by atoms with Crippen LogP contribution in [0.4, 0.5) is 21.9 Å². The number of para-hydroxylation sites is 1. The number of anilines is 3. The number of hydrogen-bond acceptors (Lipinski definition) is 3. The summed E-state index contributed by atoms with van der Waals surface area (Å²) >= 11 is 0. The van der Waals surface area contributed by atoms with Gasteiger partial charge in [0.05, 0.1) is 12.8 Å². The Morgan fingerprint density at radius 1 is 1.15 bits per heavy atom. The highest BCUT2D eigenvalue weighted by Gasteiger charge is 2.09. The molecule has 0 radical (unpaired) electrons. The summed E-state index contributed by atoms with van der Waals surface area (Å²) in [6, 6.07) is 12.3. The number of amides is 2. The van der Waals surface area contributed by atoms with E-state index in [4.69, 9.17) is 10.5 Å². The SMILES string of the molecule is COc1cc(N)c(C)cc1NC(=O)Nc1ccccc1. The Kier molecular flexibility index (Phi) is 4.10. The molecule has 0 heterocycles. The number of urea groups is 1. The number of carbonyl (C=O) groups is 1. The molecule has 0 spiro atoms. The summed E-state index contributed by atoms with van der Waals surface area (Å²) in [5.74, 6) is 0.524. The Bertz CT molecular complexity index is 612. The van der Waals surface area contributed by atoms with E-state index < -0.39 is 0 Å². The first kappa shape index (κ1) is 13.7. The molecule has 0 aliphatic rings. The molecule has 0 saturated heterocycles. The lowest BCUT2D eigenvalue weighted by Crippen LogP contribution is -2.20. The molecule has 2 aromatic rings. The van der Waals surface area contributed by atoms with E-state index in [1.807, 2.05) is 37.3 Å². The molecule has 0 atom stereocenters. The molecule has 2 amide bonds. The number of nitrogens with one attached hydrogen (secondary N) is 2. The van der Waals surface area contributed by atoms with Crippen LogP contribution in [0.2, 0.25) is 0 Å². The van der Waals surface area contributed by atoms with E-state index in [2.05, 4.69) is 10.6 Å². The van der Waals surface area contributed by atoms with Crippen LogP contribution in [0.15, 0.2) is 42.5 Å². The number of aryl methyl sites for hydroxylation is 1. The fourth-order valence-electron chi connectivity index (χ4n) is 1.78. The van der Waals surface area contributed by atoms with Crippen LogP contribution >= 0.6 is 0 Å². The van der Waals surface area contributed by atoms with Gasteiger partial charge in [-0.25, -0.2) is 4.79 Å². The van der Waals surface area contributed by atoms with Crippen molar-refractivity contribution in [2.24, 2.45) is 0 Å². The van der Waals surface area contributed by atoms with Crippen LogP contribution in [-0.4, -0.2) is 13.1 Å². The Labute approximate surface area is 117 Å². The second-order valence-electron chi connectivity index (χ2n) is 4.35. The first-order valence-electron chi connectivity index (χ1n) is 6.17. The van der Waals surface area contributed by atoms with Crippen LogP contribution in [0, 0.1) is 6.92 Å². The van der Waals surface area contributed by atoms with Gasteiger partial charge in [0, 0.05) is 17.4 Å². The minimum absolute atomic E-state index is 0.335. The summed E-state index contributed by atoms with van der Waals surface area (Å²) in [4.78, 5) is 11.9. The van der Waals surface area contributed by atoms with Crippen molar-refractivity contribution in [3.8, 4) is 5.75 Å². The topological polar surface area (TPSA) is 76.4 Å². The molecule has 5 nitrogen and oxygen atoms in total. The van der Waals surface area contributed by atoms with Crippen molar-refractivity contribution in [3.05, 3.63) is 48.0 Å². The lowest BCUT2D eigenvalue weighted by molar-refractivity contribution is 0.262. The van der Waals surface area contributed by atoms with Gasteiger partial charge in [0.2, 0.25) is 0 Å². The van der Waals surface area contributed by atoms with Crippen molar-refractivity contribution in [2.75, 3.05) is 23.5 Å². The van der Waals surface area contributed by atoms with E-state index >= 15 is 0 Å². The summed E-state index contributed by atoms with van der Waals surface area (Å²) in [6.07, 6.45) is 0. The molecule has 5 heteroatoms. The standard InChI is InChI=1S/C15H17N3O2/c1-10-8-13(14(20-2)9-12(10)16)18-15(19)17-11-6-4-3-5-7-11/h3-9H,16H2,1-2H3,(H2,17,18,19). The quantitative estimate of drug-likeness (QED) is 0.750. The molecule has 0 saturated carbocycles. The Morgan fingerprint density at radius 3 is 2.50 bits per heavy atom. The minimum atomic E-state index is -0.335. The van der Waals surface area contributed by atoms with Gasteiger partial charge in [-0.15, -0.1) is 0 Å². The predicted molar refractivity (Wildman–Crippen MR) is 81.2 cm³/mol. The summed E-state index contributed by atoms with van der Waals surface area (Å²) in [5.41, 5.74) is 8.60. The lowest BCUT2D eigenvalue weighted by atomic mass is 10.1. The molecular weight excluding hydrogens is 254 g/mol. The maximum atomic E-state index is 11.9. The maximum absolute atomic E-state index is 11.9. The predicted octanol–water partition coefficient (Wildman–Crippen LogP) is 3.23. The van der Waals surface area contributed by atoms with Crippen molar-refractivity contribution < 1.29 is 9.53 Å². The molecule has 20 heavy (non-hydrogen) atoms. The second kappa shape index (κ2) is 5.97. The molecule has 4 N–H and O–H groups in total. The Balaban J connectivity index is 2.13. The first-order chi connectivity index (χ1) is 9.60. The Hall–Kier alpha value is -2.69. The van der Waals surface area contributed by atoms with Gasteiger partial charge in [0.1, 0.15) is 5.75 Å². The smallest absolute Gasteiger partial charge is 0.323 e. The van der Waals surface area contributed by atoms with Crippen molar-refractivity contribution in [1.82, 2.24) is 0 Å². The number of nitrogen functional groups attached to an aromatic ring is 1. The Morgan fingerprint density at radius 2 is 1.85 bits per heavy atom. The minimum Gasteiger partial charge on any atom is -0.494 e. The summed E-state index contributed by atoms with van der Waals surface area (Å²) in [6.45, 7) is 1.87. The highest BCUT2D eigenvalue weighted by molar-refractivity contribution is 6.00. The van der Waals surface area contributed by atoms with E-state index in [0.717, 1.165) is 11.3 Å². The molecule has 0 aliphatic heterocycles. The molecule has 0 aromatic heterocycles. The number of carbonyl (C=O) groups excluding carboxylic acids is 1. The third-order valence-electron chi connectivity index (χ3n) is 2.87.